The van der Waals surface area contributed by atoms with E-state index in [1.807, 2.05) is 42.5 Å². The first-order chi connectivity index (χ1) is 15.0. The summed E-state index contributed by atoms with van der Waals surface area (Å²) < 4.78 is 12.4. The molecule has 0 fully saturated rings. The number of rotatable bonds is 7. The van der Waals surface area contributed by atoms with Gasteiger partial charge in [-0.3, -0.25) is 4.79 Å². The molecule has 0 aliphatic rings. The summed E-state index contributed by atoms with van der Waals surface area (Å²) in [6.07, 6.45) is 1.07. The Bertz CT molecular complexity index is 1200. The SMILES string of the molecule is CC[C@H](C)c1ccc2oc(-c3cccc(NC(=O)COc4ccc(Br)cc4)c3)nc2c1. The zero-order chi connectivity index (χ0) is 21.8. The van der Waals surface area contributed by atoms with Gasteiger partial charge >= 0.3 is 0 Å². The van der Waals surface area contributed by atoms with Crippen LogP contribution in [-0.2, 0) is 4.79 Å². The number of carbonyl (C=O) groups is 1. The Balaban J connectivity index is 1.46. The summed E-state index contributed by atoms with van der Waals surface area (Å²) in [5.41, 5.74) is 4.29. The van der Waals surface area contributed by atoms with Crippen LogP contribution in [0.15, 0.2) is 75.6 Å². The molecule has 0 aliphatic heterocycles. The first-order valence-corrected chi connectivity index (χ1v) is 11.0. The van der Waals surface area contributed by atoms with Gasteiger partial charge in [-0.05, 0) is 72.5 Å². The number of hydrogen-bond acceptors (Lipinski definition) is 4. The van der Waals surface area contributed by atoms with E-state index < -0.39 is 0 Å². The molecule has 1 aromatic heterocycles. The van der Waals surface area contributed by atoms with Gasteiger partial charge in [0.2, 0.25) is 5.89 Å². The van der Waals surface area contributed by atoms with Crippen LogP contribution in [0, 0.1) is 0 Å². The van der Waals surface area contributed by atoms with Crippen LogP contribution in [0.3, 0.4) is 0 Å². The zero-order valence-electron chi connectivity index (χ0n) is 17.4. The van der Waals surface area contributed by atoms with E-state index in [0.29, 0.717) is 23.2 Å². The second-order valence-corrected chi connectivity index (χ2v) is 8.34. The lowest BCUT2D eigenvalue weighted by Gasteiger charge is -2.08. The van der Waals surface area contributed by atoms with E-state index in [1.54, 1.807) is 12.1 Å². The molecule has 4 aromatic rings. The normalized spacial score (nSPS) is 12.0. The van der Waals surface area contributed by atoms with E-state index in [2.05, 4.69) is 52.2 Å². The summed E-state index contributed by atoms with van der Waals surface area (Å²) in [6.45, 7) is 4.30. The van der Waals surface area contributed by atoms with Crippen LogP contribution in [0.5, 0.6) is 5.75 Å². The predicted molar refractivity (Wildman–Crippen MR) is 126 cm³/mol. The number of hydrogen-bond donors (Lipinski definition) is 1. The van der Waals surface area contributed by atoms with Crippen molar-refractivity contribution >= 4 is 38.6 Å². The third-order valence-corrected chi connectivity index (χ3v) is 5.70. The Morgan fingerprint density at radius 2 is 1.94 bits per heavy atom. The fourth-order valence-corrected chi connectivity index (χ4v) is 3.48. The second-order valence-electron chi connectivity index (χ2n) is 7.43. The number of benzene rings is 3. The van der Waals surface area contributed by atoms with Crippen molar-refractivity contribution in [1.82, 2.24) is 4.98 Å². The Kier molecular flexibility index (Phi) is 6.37. The van der Waals surface area contributed by atoms with Gasteiger partial charge in [-0.25, -0.2) is 4.98 Å². The number of halogens is 1. The van der Waals surface area contributed by atoms with Crippen molar-refractivity contribution < 1.29 is 13.9 Å². The highest BCUT2D eigenvalue weighted by atomic mass is 79.9. The van der Waals surface area contributed by atoms with Gasteiger partial charge in [0.15, 0.2) is 12.2 Å². The van der Waals surface area contributed by atoms with Crippen molar-refractivity contribution in [3.8, 4) is 17.2 Å². The van der Waals surface area contributed by atoms with Crippen molar-refractivity contribution in [3.63, 3.8) is 0 Å². The van der Waals surface area contributed by atoms with Gasteiger partial charge in [-0.2, -0.15) is 0 Å². The van der Waals surface area contributed by atoms with Crippen LogP contribution in [0.2, 0.25) is 0 Å². The number of ether oxygens (including phenoxy) is 1. The van der Waals surface area contributed by atoms with Crippen LogP contribution in [0.4, 0.5) is 5.69 Å². The van der Waals surface area contributed by atoms with Gasteiger partial charge in [-0.1, -0.05) is 41.9 Å². The molecule has 0 spiro atoms. The van der Waals surface area contributed by atoms with E-state index >= 15 is 0 Å². The lowest BCUT2D eigenvalue weighted by Crippen LogP contribution is -2.20. The summed E-state index contributed by atoms with van der Waals surface area (Å²) in [4.78, 5) is 16.9. The number of amides is 1. The first kappa shape index (κ1) is 21.1. The monoisotopic (exact) mass is 478 g/mol. The lowest BCUT2D eigenvalue weighted by molar-refractivity contribution is -0.118. The van der Waals surface area contributed by atoms with Crippen LogP contribution < -0.4 is 10.1 Å². The Morgan fingerprint density at radius 3 is 2.71 bits per heavy atom. The number of nitrogens with one attached hydrogen (secondary N) is 1. The molecule has 1 atom stereocenters. The number of oxazole rings is 1. The molecule has 3 aromatic carbocycles. The largest absolute Gasteiger partial charge is 0.484 e. The molecule has 31 heavy (non-hydrogen) atoms. The summed E-state index contributed by atoms with van der Waals surface area (Å²) in [5.74, 6) is 1.40. The van der Waals surface area contributed by atoms with E-state index in [-0.39, 0.29) is 12.5 Å². The van der Waals surface area contributed by atoms with Crippen LogP contribution in [0.1, 0.15) is 31.7 Å². The molecule has 0 unspecified atom stereocenters. The summed E-state index contributed by atoms with van der Waals surface area (Å²) in [6, 6.07) is 20.9. The molecule has 4 rings (SSSR count). The molecular weight excluding hydrogens is 456 g/mol. The van der Waals surface area contributed by atoms with Gasteiger partial charge in [0.1, 0.15) is 11.3 Å². The van der Waals surface area contributed by atoms with Crippen LogP contribution >= 0.6 is 15.9 Å². The molecule has 0 aliphatic carbocycles. The van der Waals surface area contributed by atoms with E-state index in [1.165, 1.54) is 5.56 Å². The molecule has 1 amide bonds. The number of aromatic nitrogens is 1. The third-order valence-electron chi connectivity index (χ3n) is 5.17. The number of fused-ring (bicyclic) bond motifs is 1. The molecule has 6 heteroatoms. The van der Waals surface area contributed by atoms with E-state index in [0.717, 1.165) is 27.6 Å². The minimum atomic E-state index is -0.240. The number of anilines is 1. The molecule has 0 bridgehead atoms. The van der Waals surface area contributed by atoms with Gasteiger partial charge in [0.25, 0.3) is 5.91 Å². The quantitative estimate of drug-likeness (QED) is 0.317. The second kappa shape index (κ2) is 9.35. The smallest absolute Gasteiger partial charge is 0.262 e. The molecule has 0 saturated heterocycles. The van der Waals surface area contributed by atoms with Crippen molar-refractivity contribution in [2.75, 3.05) is 11.9 Å². The summed E-state index contributed by atoms with van der Waals surface area (Å²) >= 11 is 3.37. The minimum Gasteiger partial charge on any atom is -0.484 e. The topological polar surface area (TPSA) is 64.4 Å². The molecule has 158 valence electrons. The minimum absolute atomic E-state index is 0.0763. The summed E-state index contributed by atoms with van der Waals surface area (Å²) in [5, 5.41) is 2.86. The molecule has 5 nitrogen and oxygen atoms in total. The fourth-order valence-electron chi connectivity index (χ4n) is 3.22. The Hall–Kier alpha value is -3.12. The maximum absolute atomic E-state index is 12.3. The standard InChI is InChI=1S/C25H23BrN2O3/c1-3-16(2)17-7-12-23-22(14-17)28-25(31-23)18-5-4-6-20(13-18)27-24(29)15-30-21-10-8-19(26)9-11-21/h4-14,16H,3,15H2,1-2H3,(H,27,29)/t16-/m0/s1. The maximum Gasteiger partial charge on any atom is 0.262 e. The molecule has 0 radical (unpaired) electrons. The van der Waals surface area contributed by atoms with Crippen LogP contribution in [0.25, 0.3) is 22.6 Å². The predicted octanol–water partition coefficient (Wildman–Crippen LogP) is 6.79. The third kappa shape index (κ3) is 5.14. The molecular formula is C25H23BrN2O3. The average molecular weight is 479 g/mol. The summed E-state index contributed by atoms with van der Waals surface area (Å²) in [7, 11) is 0. The number of carbonyl (C=O) groups excluding carboxylic acids is 1. The van der Waals surface area contributed by atoms with Crippen molar-refractivity contribution in [1.29, 1.82) is 0 Å². The van der Waals surface area contributed by atoms with Gasteiger partial charge in [0, 0.05) is 15.7 Å². The van der Waals surface area contributed by atoms with E-state index in [9.17, 15) is 4.79 Å². The Labute approximate surface area is 189 Å². The van der Waals surface area contributed by atoms with E-state index in [4.69, 9.17) is 9.15 Å². The molecule has 1 heterocycles. The van der Waals surface area contributed by atoms with Gasteiger partial charge in [0.05, 0.1) is 0 Å². The molecule has 1 N–H and O–H groups in total. The van der Waals surface area contributed by atoms with Gasteiger partial charge in [-0.15, -0.1) is 0 Å². The lowest BCUT2D eigenvalue weighted by atomic mass is 9.98. The fraction of sp³-hybridized carbons (Fsp3) is 0.200. The van der Waals surface area contributed by atoms with Gasteiger partial charge < -0.3 is 14.5 Å². The highest BCUT2D eigenvalue weighted by Crippen LogP contribution is 2.29. The average Bonchev–Trinajstić information content (AvgIpc) is 3.22. The van der Waals surface area contributed by atoms with Crippen molar-refractivity contribution in [3.05, 3.63) is 76.8 Å². The Morgan fingerprint density at radius 1 is 1.13 bits per heavy atom. The van der Waals surface area contributed by atoms with Crippen LogP contribution in [-0.4, -0.2) is 17.5 Å². The molecule has 0 saturated carbocycles. The highest BCUT2D eigenvalue weighted by Gasteiger charge is 2.12. The number of nitrogens with zero attached hydrogens (tertiary/aromatic N) is 1. The zero-order valence-corrected chi connectivity index (χ0v) is 19.0. The highest BCUT2D eigenvalue weighted by molar-refractivity contribution is 9.10. The van der Waals surface area contributed by atoms with Crippen molar-refractivity contribution in [2.45, 2.75) is 26.2 Å². The maximum atomic E-state index is 12.3. The first-order valence-electron chi connectivity index (χ1n) is 10.2. The van der Waals surface area contributed by atoms with Crippen molar-refractivity contribution in [2.24, 2.45) is 0 Å².